The van der Waals surface area contributed by atoms with Gasteiger partial charge in [-0.2, -0.15) is 89.6 Å². The Bertz CT molecular complexity index is 3080. The second kappa shape index (κ2) is 23.3. The zero-order valence-electron chi connectivity index (χ0n) is 50.8. The number of likely N-dealkylation sites (tertiary alicyclic amines) is 2. The van der Waals surface area contributed by atoms with E-state index in [-0.39, 0.29) is 143 Å². The molecule has 0 aromatic rings. The smallest absolute Gasteiger partial charge is 0.452 e. The van der Waals surface area contributed by atoms with E-state index in [1.165, 1.54) is 16.7 Å². The van der Waals surface area contributed by atoms with E-state index in [1.807, 2.05) is 28.1 Å². The maximum atomic E-state index is 13.7. The molecule has 0 spiro atoms. The lowest BCUT2D eigenvalue weighted by molar-refractivity contribution is -0.241. The number of nitriles is 2. The number of amides is 5. The molecule has 16 fully saturated rings. The summed E-state index contributed by atoms with van der Waals surface area (Å²) in [5.41, 5.74) is -7.88. The van der Waals surface area contributed by atoms with E-state index in [4.69, 9.17) is 14.2 Å². The van der Waals surface area contributed by atoms with E-state index >= 15 is 0 Å². The van der Waals surface area contributed by atoms with Gasteiger partial charge < -0.3 is 40.0 Å². The monoisotopic (exact) mass is 1400 g/mol. The summed E-state index contributed by atoms with van der Waals surface area (Å²) in [6, 6.07) is -2.58. The minimum atomic E-state index is -5.29. The van der Waals surface area contributed by atoms with Crippen molar-refractivity contribution in [3.63, 3.8) is 0 Å². The lowest BCUT2D eigenvalue weighted by Gasteiger charge is -2.63. The van der Waals surface area contributed by atoms with Crippen molar-refractivity contribution in [2.45, 2.75) is 244 Å². The molecular weight excluding hydrogens is 1340 g/mol. The standard InChI is InChI=1S/2C22H23F6N3O4.C16H19F6NO3/c2*23-21(24,25)17(33)30-15(16(32)31-13(8-29)2-12-3-14(12)31)19-4-10-1-11(5-19)7-20(6-10,9-19)35-18(34)22(26,27)28;1-8(23-11(24)15(17,18)19)13-3-9-2-10(4-13)6-14(5-9,7-13)26-12(25)16(20,21)22/h2*10-15H,1-7,9H2,(H,30,33);8-10H,2-7H2,1H3,(H,23,24)/t10?,11?,12-,13+,14+,15+,19?,20?;10?,11?,12-,13+,14+,15-,19?,20?;8-,9?,10?,13?,14?/m111/s1. The number of halogens is 18. The Morgan fingerprint density at radius 1 is 0.385 bits per heavy atom. The highest BCUT2D eigenvalue weighted by Crippen LogP contribution is 2.68. The number of hydrogen-bond donors (Lipinski definition) is 3. The molecule has 2 heterocycles. The number of carbonyl (C=O) groups is 8. The molecule has 96 heavy (non-hydrogen) atoms. The molecule has 6 unspecified atom stereocenters. The van der Waals surface area contributed by atoms with Gasteiger partial charge in [-0.1, -0.05) is 0 Å². The van der Waals surface area contributed by atoms with Crippen LogP contribution in [0, 0.1) is 86.3 Å². The largest absolute Gasteiger partial charge is 0.490 e. The van der Waals surface area contributed by atoms with Crippen molar-refractivity contribution < 1.29 is 132 Å². The molecule has 2 saturated heterocycles. The van der Waals surface area contributed by atoms with Gasteiger partial charge in [-0.25, -0.2) is 14.4 Å². The Kier molecular flexibility index (Phi) is 17.2. The number of fused-ring (bicyclic) bond motifs is 2. The molecule has 2 aliphatic heterocycles. The van der Waals surface area contributed by atoms with Crippen molar-refractivity contribution in [3.05, 3.63) is 0 Å². The molecule has 3 N–H and O–H groups in total. The molecule has 14 aliphatic carbocycles. The summed E-state index contributed by atoms with van der Waals surface area (Å²) >= 11 is 0. The SMILES string of the molecule is C[C@@H](NC(=O)C(F)(F)F)C12CC3CC(CC(OC(=O)C(F)(F)F)(C3)C1)C2.N#C[C@@H]1C[C@@H]2C[C@@H]2N1C(=O)[C@@H](NC(=O)C(F)(F)F)C12CC3CC(CC(OC(=O)C(F)(F)F)(C3)C1)C2.N#C[C@@H]1C[C@@H]2C[C@@H]2N1C(=O)[C@H](NC(=O)C(F)(F)F)C12CC3CC(CC(OC(=O)C(F)(F)F)(C3)C1)C2. The Hall–Kier alpha value is -6.52. The Labute approximate surface area is 534 Å². The minimum absolute atomic E-state index is 0.0254. The number of piperidine rings is 2. The number of nitrogens with one attached hydrogen (secondary N) is 3. The molecule has 532 valence electrons. The van der Waals surface area contributed by atoms with Crippen molar-refractivity contribution >= 4 is 47.4 Å². The highest BCUT2D eigenvalue weighted by Gasteiger charge is 2.70. The van der Waals surface area contributed by atoms with Crippen molar-refractivity contribution in [2.24, 2.45) is 63.6 Å². The zero-order chi connectivity index (χ0) is 70.6. The number of alkyl halides is 18. The fourth-order valence-corrected chi connectivity index (χ4v) is 20.9. The highest BCUT2D eigenvalue weighted by molar-refractivity contribution is 5.93. The molecule has 16 rings (SSSR count). The van der Waals surface area contributed by atoms with Crippen molar-refractivity contribution in [2.75, 3.05) is 0 Å². The molecule has 18 nitrogen and oxygen atoms in total. The van der Waals surface area contributed by atoms with Gasteiger partial charge in [0.15, 0.2) is 0 Å². The molecule has 36 heteroatoms. The number of hydrogen-bond acceptors (Lipinski definition) is 13. The van der Waals surface area contributed by atoms with E-state index in [1.54, 1.807) is 0 Å². The van der Waals surface area contributed by atoms with Crippen LogP contribution >= 0.6 is 0 Å². The molecule has 15 atom stereocenters. The predicted molar refractivity (Wildman–Crippen MR) is 281 cm³/mol. The van der Waals surface area contributed by atoms with E-state index in [2.05, 4.69) is 0 Å². The van der Waals surface area contributed by atoms with Crippen LogP contribution in [0.25, 0.3) is 0 Å². The second-order valence-electron chi connectivity index (χ2n) is 30.1. The normalized spacial score (nSPS) is 39.3. The number of carbonyl (C=O) groups excluding carboxylic acids is 8. The second-order valence-corrected chi connectivity index (χ2v) is 30.1. The average Bonchev–Trinajstić information content (AvgIpc) is 1.40. The number of esters is 3. The number of ether oxygens (including phenoxy) is 3. The third-order valence-electron chi connectivity index (χ3n) is 23.1. The van der Waals surface area contributed by atoms with Crippen LogP contribution in [0.3, 0.4) is 0 Å². The van der Waals surface area contributed by atoms with Gasteiger partial charge in [0.2, 0.25) is 11.8 Å². The van der Waals surface area contributed by atoms with Crippen molar-refractivity contribution in [1.29, 1.82) is 10.5 Å². The molecule has 16 aliphatic rings. The zero-order valence-corrected chi connectivity index (χ0v) is 50.8. The minimum Gasteiger partial charge on any atom is -0.452 e. The topological polar surface area (TPSA) is 254 Å². The van der Waals surface area contributed by atoms with Crippen LogP contribution in [0.1, 0.15) is 148 Å². The first-order chi connectivity index (χ1) is 44.1. The molecule has 12 bridgehead atoms. The van der Waals surface area contributed by atoms with Gasteiger partial charge >= 0.3 is 72.7 Å². The van der Waals surface area contributed by atoms with Crippen LogP contribution in [-0.2, 0) is 52.6 Å². The van der Waals surface area contributed by atoms with Gasteiger partial charge in [0.1, 0.15) is 41.0 Å². The Morgan fingerprint density at radius 2 is 0.646 bits per heavy atom. The third-order valence-corrected chi connectivity index (χ3v) is 23.1. The molecule has 0 aromatic heterocycles. The first-order valence-corrected chi connectivity index (χ1v) is 31.5. The van der Waals surface area contributed by atoms with Crippen LogP contribution in [0.2, 0.25) is 0 Å². The summed E-state index contributed by atoms with van der Waals surface area (Å²) in [6.07, 6.45) is -24.9. The van der Waals surface area contributed by atoms with Crippen molar-refractivity contribution in [3.8, 4) is 12.1 Å². The first kappa shape index (κ1) is 70.8. The van der Waals surface area contributed by atoms with Gasteiger partial charge in [-0.15, -0.1) is 0 Å². The molecular formula is C60H65F18N7O11. The third kappa shape index (κ3) is 13.5. The Balaban J connectivity index is 0.000000148. The van der Waals surface area contributed by atoms with E-state index < -0.39 is 148 Å². The quantitative estimate of drug-likeness (QED) is 0.0991. The van der Waals surface area contributed by atoms with Gasteiger partial charge in [-0.3, -0.25) is 24.0 Å². The van der Waals surface area contributed by atoms with Crippen LogP contribution in [0.4, 0.5) is 79.0 Å². The maximum Gasteiger partial charge on any atom is 0.490 e. The molecule has 0 aromatic carbocycles. The van der Waals surface area contributed by atoms with Gasteiger partial charge in [0, 0.05) is 29.0 Å². The van der Waals surface area contributed by atoms with E-state index in [9.17, 15) is 128 Å². The lowest BCUT2D eigenvalue weighted by atomic mass is 9.46. The summed E-state index contributed by atoms with van der Waals surface area (Å²) < 4.78 is 248. The maximum absolute atomic E-state index is 13.7. The fourth-order valence-electron chi connectivity index (χ4n) is 20.9. The van der Waals surface area contributed by atoms with Crippen molar-refractivity contribution in [1.82, 2.24) is 25.8 Å². The van der Waals surface area contributed by atoms with Gasteiger partial charge in [0.05, 0.1) is 12.1 Å². The first-order valence-electron chi connectivity index (χ1n) is 31.5. The lowest BCUT2D eigenvalue weighted by Crippen LogP contribution is -2.68. The fraction of sp³-hybridized carbons (Fsp3) is 0.833. The molecule has 14 saturated carbocycles. The Morgan fingerprint density at radius 3 is 0.906 bits per heavy atom. The average molecular weight is 1400 g/mol. The van der Waals surface area contributed by atoms with E-state index in [0.717, 1.165) is 6.42 Å². The number of nitrogens with zero attached hydrogens (tertiary/aromatic N) is 4. The molecule has 0 radical (unpaired) electrons. The van der Waals surface area contributed by atoms with E-state index in [0.29, 0.717) is 51.4 Å². The highest BCUT2D eigenvalue weighted by atomic mass is 19.4. The van der Waals surface area contributed by atoms with Crippen LogP contribution in [0.5, 0.6) is 0 Å². The van der Waals surface area contributed by atoms with Crippen LogP contribution in [-0.4, -0.2) is 153 Å². The van der Waals surface area contributed by atoms with Crippen LogP contribution < -0.4 is 16.0 Å². The summed E-state index contributed by atoms with van der Waals surface area (Å²) in [5.74, 6) is -16.4. The predicted octanol–water partition coefficient (Wildman–Crippen LogP) is 9.48. The summed E-state index contributed by atoms with van der Waals surface area (Å²) in [6.45, 7) is 1.44. The number of rotatable bonds is 11. The summed E-state index contributed by atoms with van der Waals surface area (Å²) in [4.78, 5) is 100. The summed E-state index contributed by atoms with van der Waals surface area (Å²) in [5, 5.41) is 24.6. The van der Waals surface area contributed by atoms with Gasteiger partial charge in [0.25, 0.3) is 0 Å². The molecule has 5 amide bonds. The summed E-state index contributed by atoms with van der Waals surface area (Å²) in [7, 11) is 0. The van der Waals surface area contributed by atoms with Crippen LogP contribution in [0.15, 0.2) is 0 Å². The van der Waals surface area contributed by atoms with Gasteiger partial charge in [-0.05, 0) is 201 Å².